The highest BCUT2D eigenvalue weighted by atomic mass is 32.2. The van der Waals surface area contributed by atoms with Gasteiger partial charge in [-0.15, -0.1) is 0 Å². The molecule has 1 aliphatic heterocycles. The lowest BCUT2D eigenvalue weighted by Crippen LogP contribution is -2.50. The molecule has 6 nitrogen and oxygen atoms in total. The Kier molecular flexibility index (Phi) is 5.26. The van der Waals surface area contributed by atoms with E-state index in [1.807, 2.05) is 0 Å². The minimum atomic E-state index is -3.24. The van der Waals surface area contributed by atoms with E-state index in [4.69, 9.17) is 5.73 Å². The van der Waals surface area contributed by atoms with Crippen LogP contribution in [0.5, 0.6) is 0 Å². The summed E-state index contributed by atoms with van der Waals surface area (Å²) in [7, 11) is -3.24. The summed E-state index contributed by atoms with van der Waals surface area (Å²) >= 11 is 0. The molecule has 0 saturated carbocycles. The molecule has 1 saturated heterocycles. The second kappa shape index (κ2) is 7.49. The van der Waals surface area contributed by atoms with Crippen LogP contribution in [0.2, 0.25) is 0 Å². The van der Waals surface area contributed by atoms with Gasteiger partial charge in [0.2, 0.25) is 5.95 Å². The number of rotatable bonds is 6. The van der Waals surface area contributed by atoms with Crippen molar-refractivity contribution in [2.24, 2.45) is 5.73 Å². The zero-order chi connectivity index (χ0) is 21.7. The van der Waals surface area contributed by atoms with Crippen LogP contribution in [0.4, 0.5) is 19.1 Å². The van der Waals surface area contributed by atoms with Crippen molar-refractivity contribution in [1.82, 2.24) is 9.97 Å². The Balaban J connectivity index is 1.72. The monoisotopic (exact) mass is 440 g/mol. The van der Waals surface area contributed by atoms with E-state index in [1.54, 1.807) is 29.2 Å². The van der Waals surface area contributed by atoms with Crippen molar-refractivity contribution in [3.8, 4) is 11.3 Å². The van der Waals surface area contributed by atoms with Crippen LogP contribution in [0.15, 0.2) is 24.3 Å². The van der Waals surface area contributed by atoms with E-state index in [2.05, 4.69) is 9.97 Å². The fourth-order valence-corrected chi connectivity index (χ4v) is 4.80. The summed E-state index contributed by atoms with van der Waals surface area (Å²) in [4.78, 5) is 10.3. The molecule has 2 aliphatic rings. The molecule has 30 heavy (non-hydrogen) atoms. The minimum absolute atomic E-state index is 0.122. The Morgan fingerprint density at radius 1 is 1.27 bits per heavy atom. The molecule has 162 valence electrons. The van der Waals surface area contributed by atoms with Gasteiger partial charge < -0.3 is 10.6 Å². The number of alkyl halides is 3. The summed E-state index contributed by atoms with van der Waals surface area (Å²) in [5.74, 6) is -3.11. The zero-order valence-electron chi connectivity index (χ0n) is 16.5. The fraction of sp³-hybridized carbons (Fsp3) is 0.500. The van der Waals surface area contributed by atoms with Crippen molar-refractivity contribution in [1.29, 1.82) is 0 Å². The first-order chi connectivity index (χ1) is 14.1. The fourth-order valence-electron chi connectivity index (χ4n) is 3.95. The molecule has 1 aromatic carbocycles. The molecular weight excluding hydrogens is 417 g/mol. The first-order valence-corrected chi connectivity index (χ1v) is 11.8. The van der Waals surface area contributed by atoms with Gasteiger partial charge in [0.25, 0.3) is 5.92 Å². The van der Waals surface area contributed by atoms with Crippen LogP contribution in [0.25, 0.3) is 11.3 Å². The summed E-state index contributed by atoms with van der Waals surface area (Å²) in [5.41, 5.74) is 7.72. The van der Waals surface area contributed by atoms with E-state index in [0.29, 0.717) is 35.3 Å². The maximum Gasteiger partial charge on any atom is 0.290 e. The summed E-state index contributed by atoms with van der Waals surface area (Å²) in [5, 5.41) is 0. The Labute approximate surface area is 173 Å². The number of nitrogens with zero attached hydrogens (tertiary/aromatic N) is 3. The molecule has 2 N–H and O–H groups in total. The van der Waals surface area contributed by atoms with E-state index < -0.39 is 28.5 Å². The number of benzene rings is 1. The van der Waals surface area contributed by atoms with Crippen LogP contribution in [0.3, 0.4) is 0 Å². The molecule has 1 unspecified atom stereocenters. The third-order valence-electron chi connectivity index (χ3n) is 5.70. The topological polar surface area (TPSA) is 89.2 Å². The molecule has 2 heterocycles. The highest BCUT2D eigenvalue weighted by molar-refractivity contribution is 7.90. The zero-order valence-corrected chi connectivity index (χ0v) is 17.3. The number of hydrogen-bond donors (Lipinski definition) is 1. The van der Waals surface area contributed by atoms with Crippen LogP contribution in [0, 0.1) is 0 Å². The molecule has 10 heteroatoms. The molecule has 1 aromatic heterocycles. The summed E-state index contributed by atoms with van der Waals surface area (Å²) in [6.45, 7) is -0.0588. The van der Waals surface area contributed by atoms with Gasteiger partial charge in [0.1, 0.15) is 22.2 Å². The Morgan fingerprint density at radius 3 is 2.53 bits per heavy atom. The van der Waals surface area contributed by atoms with Gasteiger partial charge in [0.15, 0.2) is 0 Å². The van der Waals surface area contributed by atoms with E-state index in [9.17, 15) is 21.6 Å². The smallest absolute Gasteiger partial charge is 0.290 e. The lowest BCUT2D eigenvalue weighted by Gasteiger charge is -2.39. The third kappa shape index (κ3) is 3.90. The molecule has 2 aromatic rings. The molecule has 0 bridgehead atoms. The maximum absolute atomic E-state index is 14.4. The van der Waals surface area contributed by atoms with E-state index in [0.717, 1.165) is 6.26 Å². The lowest BCUT2D eigenvalue weighted by atomic mass is 10.0. The van der Waals surface area contributed by atoms with Crippen LogP contribution >= 0.6 is 0 Å². The average Bonchev–Trinajstić information content (AvgIpc) is 2.94. The van der Waals surface area contributed by atoms with Crippen molar-refractivity contribution in [2.75, 3.05) is 30.1 Å². The van der Waals surface area contributed by atoms with Crippen LogP contribution in [0.1, 0.15) is 35.7 Å². The predicted molar refractivity (Wildman–Crippen MR) is 108 cm³/mol. The van der Waals surface area contributed by atoms with Crippen molar-refractivity contribution in [2.45, 2.75) is 37.3 Å². The third-order valence-corrected chi connectivity index (χ3v) is 6.67. The number of hydrogen-bond acceptors (Lipinski definition) is 6. The first kappa shape index (κ1) is 21.0. The molecule has 0 amide bonds. The highest BCUT2D eigenvalue weighted by Crippen LogP contribution is 2.44. The molecular formula is C20H23F3N4O2S. The SMILES string of the molecule is CS(=O)(=O)CC(N)c1ccc(-c2nc(N3CC[C@@H]3CF)nc3c2CCC3(F)F)cc1. The molecule has 4 rings (SSSR count). The number of anilines is 1. The number of halogens is 3. The predicted octanol–water partition coefficient (Wildman–Crippen LogP) is 2.77. The maximum atomic E-state index is 14.4. The number of sulfone groups is 1. The van der Waals surface area contributed by atoms with E-state index in [-0.39, 0.29) is 36.3 Å². The van der Waals surface area contributed by atoms with Gasteiger partial charge in [0.05, 0.1) is 17.5 Å². The van der Waals surface area contributed by atoms with Gasteiger partial charge in [-0.05, 0) is 18.4 Å². The highest BCUT2D eigenvalue weighted by Gasteiger charge is 2.44. The lowest BCUT2D eigenvalue weighted by molar-refractivity contribution is -0.00595. The number of fused-ring (bicyclic) bond motifs is 1. The summed E-state index contributed by atoms with van der Waals surface area (Å²) in [6.07, 6.45) is 1.57. The van der Waals surface area contributed by atoms with Crippen LogP contribution in [-0.2, 0) is 22.2 Å². The largest absolute Gasteiger partial charge is 0.335 e. The second-order valence-corrected chi connectivity index (χ2v) is 10.2. The van der Waals surface area contributed by atoms with Gasteiger partial charge in [-0.25, -0.2) is 22.8 Å². The van der Waals surface area contributed by atoms with Crippen molar-refractivity contribution < 1.29 is 21.6 Å². The molecule has 0 radical (unpaired) electrons. The Bertz CT molecular complexity index is 1060. The van der Waals surface area contributed by atoms with Gasteiger partial charge in [-0.2, -0.15) is 8.78 Å². The summed E-state index contributed by atoms with van der Waals surface area (Å²) < 4.78 is 65.0. The quantitative estimate of drug-likeness (QED) is 0.743. The number of aromatic nitrogens is 2. The molecule has 1 aliphatic carbocycles. The Morgan fingerprint density at radius 2 is 1.97 bits per heavy atom. The molecule has 2 atom stereocenters. The van der Waals surface area contributed by atoms with Gasteiger partial charge in [0, 0.05) is 36.4 Å². The average molecular weight is 440 g/mol. The van der Waals surface area contributed by atoms with E-state index in [1.165, 1.54) is 0 Å². The van der Waals surface area contributed by atoms with Crippen molar-refractivity contribution >= 4 is 15.8 Å². The molecule has 1 fully saturated rings. The van der Waals surface area contributed by atoms with Crippen molar-refractivity contribution in [3.05, 3.63) is 41.1 Å². The van der Waals surface area contributed by atoms with E-state index >= 15 is 0 Å². The van der Waals surface area contributed by atoms with Crippen molar-refractivity contribution in [3.63, 3.8) is 0 Å². The Hall–Kier alpha value is -2.20. The first-order valence-electron chi connectivity index (χ1n) is 9.74. The summed E-state index contributed by atoms with van der Waals surface area (Å²) in [6, 6.07) is 5.69. The molecule has 0 spiro atoms. The standard InChI is InChI=1S/C20H23F3N4O2S/c1-30(28,29)11-16(24)12-2-4-13(5-3-12)17-15-6-8-20(22,23)18(15)26-19(25-17)27-9-7-14(27)10-21/h2-5,14,16H,6-11,24H2,1H3/t14-,16?/m1/s1. The van der Waals surface area contributed by atoms with Gasteiger partial charge >= 0.3 is 0 Å². The van der Waals surface area contributed by atoms with Gasteiger partial charge in [-0.1, -0.05) is 24.3 Å². The normalized spacial score (nSPS) is 21.2. The van der Waals surface area contributed by atoms with Crippen LogP contribution in [-0.4, -0.2) is 49.7 Å². The number of nitrogens with two attached hydrogens (primary N) is 1. The van der Waals surface area contributed by atoms with Gasteiger partial charge in [-0.3, -0.25) is 0 Å². The van der Waals surface area contributed by atoms with Crippen LogP contribution < -0.4 is 10.6 Å². The second-order valence-electron chi connectivity index (χ2n) is 8.01. The minimum Gasteiger partial charge on any atom is -0.335 e.